The lowest BCUT2D eigenvalue weighted by molar-refractivity contribution is -0.123. The summed E-state index contributed by atoms with van der Waals surface area (Å²) in [7, 11) is 3.06. The number of nitrogens with zero attached hydrogens (tertiary/aromatic N) is 3. The molecule has 2 aromatic rings. The van der Waals surface area contributed by atoms with Gasteiger partial charge in [0.05, 0.1) is 19.9 Å². The SMILES string of the molecule is C=CCOc1ccc(/C=N\NC(=O)COc2nc(C)cc(COC)c2C#N)cc1OC. The van der Waals surface area contributed by atoms with Crippen LogP contribution in [-0.4, -0.2) is 44.5 Å². The molecule has 9 heteroatoms. The van der Waals surface area contributed by atoms with Gasteiger partial charge in [-0.3, -0.25) is 4.79 Å². The van der Waals surface area contributed by atoms with Gasteiger partial charge >= 0.3 is 0 Å². The highest BCUT2D eigenvalue weighted by Crippen LogP contribution is 2.27. The average Bonchev–Trinajstić information content (AvgIpc) is 2.76. The molecule has 0 saturated heterocycles. The van der Waals surface area contributed by atoms with E-state index in [2.05, 4.69) is 22.1 Å². The van der Waals surface area contributed by atoms with Crippen LogP contribution in [0.2, 0.25) is 0 Å². The first-order valence-corrected chi connectivity index (χ1v) is 9.28. The summed E-state index contributed by atoms with van der Waals surface area (Å²) < 4.78 is 21.3. The predicted molar refractivity (Wildman–Crippen MR) is 114 cm³/mol. The molecule has 0 fully saturated rings. The fraction of sp³-hybridized carbons (Fsp3) is 0.273. The first-order chi connectivity index (χ1) is 15.0. The van der Waals surface area contributed by atoms with E-state index in [1.165, 1.54) is 20.4 Å². The molecule has 0 aliphatic rings. The molecular formula is C22H24N4O5. The lowest BCUT2D eigenvalue weighted by Gasteiger charge is -2.11. The van der Waals surface area contributed by atoms with Gasteiger partial charge in [-0.15, -0.1) is 0 Å². The number of ether oxygens (including phenoxy) is 4. The monoisotopic (exact) mass is 424 g/mol. The third kappa shape index (κ3) is 6.83. The van der Waals surface area contributed by atoms with E-state index in [9.17, 15) is 10.1 Å². The zero-order valence-electron chi connectivity index (χ0n) is 17.7. The summed E-state index contributed by atoms with van der Waals surface area (Å²) in [5.74, 6) is 0.675. The minimum Gasteiger partial charge on any atom is -0.493 e. The van der Waals surface area contributed by atoms with Crippen LogP contribution in [0.25, 0.3) is 0 Å². The van der Waals surface area contributed by atoms with Gasteiger partial charge in [-0.1, -0.05) is 12.7 Å². The van der Waals surface area contributed by atoms with E-state index >= 15 is 0 Å². The molecule has 1 aromatic heterocycles. The Hall–Kier alpha value is -3.90. The molecule has 162 valence electrons. The normalized spacial score (nSPS) is 10.4. The number of amides is 1. The van der Waals surface area contributed by atoms with E-state index in [0.29, 0.717) is 34.9 Å². The number of benzene rings is 1. The molecule has 31 heavy (non-hydrogen) atoms. The number of hydrazone groups is 1. The number of carbonyl (C=O) groups is 1. The molecule has 0 aliphatic heterocycles. The Bertz CT molecular complexity index is 998. The van der Waals surface area contributed by atoms with Crippen molar-refractivity contribution in [2.24, 2.45) is 5.10 Å². The lowest BCUT2D eigenvalue weighted by atomic mass is 10.1. The number of hydrogen-bond donors (Lipinski definition) is 1. The molecule has 0 spiro atoms. The zero-order chi connectivity index (χ0) is 22.6. The van der Waals surface area contributed by atoms with E-state index in [1.807, 2.05) is 6.07 Å². The Morgan fingerprint density at radius 3 is 2.77 bits per heavy atom. The van der Waals surface area contributed by atoms with Crippen LogP contribution in [0.5, 0.6) is 17.4 Å². The minimum absolute atomic E-state index is 0.0773. The van der Waals surface area contributed by atoms with E-state index in [0.717, 1.165) is 0 Å². The molecule has 0 atom stereocenters. The van der Waals surface area contributed by atoms with E-state index in [-0.39, 0.29) is 24.7 Å². The van der Waals surface area contributed by atoms with Crippen molar-refractivity contribution < 1.29 is 23.7 Å². The first-order valence-electron chi connectivity index (χ1n) is 9.28. The van der Waals surface area contributed by atoms with Crippen LogP contribution in [0.4, 0.5) is 0 Å². The number of hydrogen-bond acceptors (Lipinski definition) is 8. The van der Waals surface area contributed by atoms with Gasteiger partial charge in [0.25, 0.3) is 5.91 Å². The zero-order valence-corrected chi connectivity index (χ0v) is 17.7. The smallest absolute Gasteiger partial charge is 0.278 e. The molecule has 0 radical (unpaired) electrons. The third-order valence-corrected chi connectivity index (χ3v) is 3.89. The Labute approximate surface area is 180 Å². The van der Waals surface area contributed by atoms with Crippen LogP contribution in [0.1, 0.15) is 22.4 Å². The van der Waals surface area contributed by atoms with E-state index in [4.69, 9.17) is 18.9 Å². The molecule has 9 nitrogen and oxygen atoms in total. The summed E-state index contributed by atoms with van der Waals surface area (Å²) in [6, 6.07) is 8.99. The Morgan fingerprint density at radius 2 is 2.10 bits per heavy atom. The Balaban J connectivity index is 1.98. The summed E-state index contributed by atoms with van der Waals surface area (Å²) in [6.45, 7) is 5.61. The van der Waals surface area contributed by atoms with Gasteiger partial charge in [-0.05, 0) is 36.8 Å². The van der Waals surface area contributed by atoms with Gasteiger partial charge in [-0.2, -0.15) is 10.4 Å². The third-order valence-electron chi connectivity index (χ3n) is 3.89. The second-order valence-electron chi connectivity index (χ2n) is 6.24. The summed E-state index contributed by atoms with van der Waals surface area (Å²) >= 11 is 0. The van der Waals surface area contributed by atoms with Gasteiger partial charge in [0.2, 0.25) is 5.88 Å². The van der Waals surface area contributed by atoms with Gasteiger partial charge in [0.15, 0.2) is 18.1 Å². The van der Waals surface area contributed by atoms with Crippen LogP contribution < -0.4 is 19.6 Å². The molecule has 0 aliphatic carbocycles. The molecule has 1 aromatic carbocycles. The summed E-state index contributed by atoms with van der Waals surface area (Å²) in [5.41, 5.74) is 4.58. The Morgan fingerprint density at radius 1 is 1.29 bits per heavy atom. The molecule has 0 unspecified atom stereocenters. The van der Waals surface area contributed by atoms with Crippen molar-refractivity contribution >= 4 is 12.1 Å². The van der Waals surface area contributed by atoms with Gasteiger partial charge < -0.3 is 18.9 Å². The molecular weight excluding hydrogens is 400 g/mol. The van der Waals surface area contributed by atoms with Crippen LogP contribution in [0.3, 0.4) is 0 Å². The standard InChI is InChI=1S/C22H24N4O5/c1-5-8-30-19-7-6-16(10-20(19)29-4)12-24-26-21(27)14-31-22-18(11-23)17(13-28-3)9-15(2)25-22/h5-7,9-10,12H,1,8,13-14H2,2-4H3,(H,26,27)/b24-12-. The molecule has 0 saturated carbocycles. The van der Waals surface area contributed by atoms with Gasteiger partial charge in [0.1, 0.15) is 18.2 Å². The highest BCUT2D eigenvalue weighted by Gasteiger charge is 2.14. The quantitative estimate of drug-likeness (QED) is 0.335. The number of nitriles is 1. The van der Waals surface area contributed by atoms with Crippen molar-refractivity contribution in [1.29, 1.82) is 5.26 Å². The van der Waals surface area contributed by atoms with Gasteiger partial charge in [0, 0.05) is 18.4 Å². The van der Waals surface area contributed by atoms with E-state index in [1.54, 1.807) is 37.3 Å². The number of methoxy groups -OCH3 is 2. The van der Waals surface area contributed by atoms with Crippen molar-refractivity contribution in [3.63, 3.8) is 0 Å². The maximum Gasteiger partial charge on any atom is 0.278 e. The Kier molecular flexibility index (Phi) is 9.01. The van der Waals surface area contributed by atoms with Crippen molar-refractivity contribution in [2.45, 2.75) is 13.5 Å². The topological polar surface area (TPSA) is 115 Å². The number of carbonyl (C=O) groups excluding carboxylic acids is 1. The summed E-state index contributed by atoms with van der Waals surface area (Å²) in [6.07, 6.45) is 3.09. The number of rotatable bonds is 11. The van der Waals surface area contributed by atoms with Gasteiger partial charge in [-0.25, -0.2) is 10.4 Å². The number of aromatic nitrogens is 1. The highest BCUT2D eigenvalue weighted by molar-refractivity contribution is 5.83. The molecule has 1 N–H and O–H groups in total. The number of nitrogens with one attached hydrogen (secondary N) is 1. The molecule has 1 amide bonds. The first kappa shape index (κ1) is 23.4. The lowest BCUT2D eigenvalue weighted by Crippen LogP contribution is -2.25. The maximum atomic E-state index is 12.1. The van der Waals surface area contributed by atoms with Crippen molar-refractivity contribution in [3.05, 3.63) is 59.3 Å². The van der Waals surface area contributed by atoms with Crippen LogP contribution in [0, 0.1) is 18.3 Å². The van der Waals surface area contributed by atoms with Crippen molar-refractivity contribution in [1.82, 2.24) is 10.4 Å². The van der Waals surface area contributed by atoms with Crippen LogP contribution in [0.15, 0.2) is 42.0 Å². The molecule has 0 bridgehead atoms. The summed E-state index contributed by atoms with van der Waals surface area (Å²) in [5, 5.41) is 13.3. The number of pyridine rings is 1. The highest BCUT2D eigenvalue weighted by atomic mass is 16.5. The predicted octanol–water partition coefficient (Wildman–Crippen LogP) is 2.51. The summed E-state index contributed by atoms with van der Waals surface area (Å²) in [4.78, 5) is 16.2. The van der Waals surface area contributed by atoms with Crippen molar-refractivity contribution in [3.8, 4) is 23.4 Å². The fourth-order valence-corrected chi connectivity index (χ4v) is 2.58. The second kappa shape index (κ2) is 11.9. The molecule has 2 rings (SSSR count). The second-order valence-corrected chi connectivity index (χ2v) is 6.24. The maximum absolute atomic E-state index is 12.1. The minimum atomic E-state index is -0.505. The van der Waals surface area contributed by atoms with E-state index < -0.39 is 5.91 Å². The number of aryl methyl sites for hydroxylation is 1. The van der Waals surface area contributed by atoms with Crippen molar-refractivity contribution in [2.75, 3.05) is 27.4 Å². The average molecular weight is 424 g/mol. The van der Waals surface area contributed by atoms with Crippen LogP contribution in [-0.2, 0) is 16.1 Å². The fourth-order valence-electron chi connectivity index (χ4n) is 2.58. The molecule has 1 heterocycles. The van der Waals surface area contributed by atoms with Crippen LogP contribution >= 0.6 is 0 Å². The largest absolute Gasteiger partial charge is 0.493 e.